The highest BCUT2D eigenvalue weighted by atomic mass is 32.2. The molecule has 0 bridgehead atoms. The van der Waals surface area contributed by atoms with Gasteiger partial charge in [-0.05, 0) is 25.0 Å². The molecule has 0 radical (unpaired) electrons. The van der Waals surface area contributed by atoms with Gasteiger partial charge in [0, 0.05) is 19.2 Å². The van der Waals surface area contributed by atoms with Crippen LogP contribution in [0.3, 0.4) is 0 Å². The van der Waals surface area contributed by atoms with Crippen LogP contribution in [-0.4, -0.2) is 34.3 Å². The molecule has 0 spiro atoms. The summed E-state index contributed by atoms with van der Waals surface area (Å²) in [5.41, 5.74) is -0.834. The highest BCUT2D eigenvalue weighted by Crippen LogP contribution is 2.29. The first-order valence-electron chi connectivity index (χ1n) is 6.43. The van der Waals surface area contributed by atoms with Crippen LogP contribution in [0.1, 0.15) is 24.8 Å². The molecule has 0 fully saturated rings. The normalized spacial score (nSPS) is 11.2. The summed E-state index contributed by atoms with van der Waals surface area (Å²) in [6, 6.07) is 2.13. The van der Waals surface area contributed by atoms with E-state index in [1.807, 2.05) is 0 Å². The molecule has 0 unspecified atom stereocenters. The van der Waals surface area contributed by atoms with E-state index in [0.29, 0.717) is 24.4 Å². The van der Waals surface area contributed by atoms with Crippen LogP contribution < -0.4 is 5.32 Å². The number of carboxylic acids is 1. The van der Waals surface area contributed by atoms with Gasteiger partial charge in [0.05, 0.1) is 16.3 Å². The lowest BCUT2D eigenvalue weighted by atomic mass is 10.2. The lowest BCUT2D eigenvalue weighted by Gasteiger charge is -2.07. The van der Waals surface area contributed by atoms with Crippen LogP contribution >= 0.6 is 11.8 Å². The second kappa shape index (κ2) is 8.62. The average Bonchev–Trinajstić information content (AvgIpc) is 2.44. The van der Waals surface area contributed by atoms with Gasteiger partial charge in [-0.3, -0.25) is 9.59 Å². The van der Waals surface area contributed by atoms with Gasteiger partial charge in [0.1, 0.15) is 0 Å². The van der Waals surface area contributed by atoms with E-state index in [-0.39, 0.29) is 18.1 Å². The summed E-state index contributed by atoms with van der Waals surface area (Å²) in [5, 5.41) is 11.4. The van der Waals surface area contributed by atoms with E-state index in [1.165, 1.54) is 6.07 Å². The fourth-order valence-corrected chi connectivity index (χ4v) is 2.13. The minimum atomic E-state index is -4.43. The standard InChI is InChI=1S/C13H15F3N2O3S/c14-13(15,16)9-4-5-11(18-7-9)22-8-10(19)17-6-2-1-3-12(20)21/h4-5,7H,1-3,6,8H2,(H,17,19)(H,20,21). The molecule has 0 saturated carbocycles. The summed E-state index contributed by atoms with van der Waals surface area (Å²) in [6.45, 7) is 0.368. The third kappa shape index (κ3) is 7.30. The molecule has 1 aromatic heterocycles. The van der Waals surface area contributed by atoms with Crippen molar-refractivity contribution in [3.05, 3.63) is 23.9 Å². The van der Waals surface area contributed by atoms with Crippen molar-refractivity contribution in [3.8, 4) is 0 Å². The van der Waals surface area contributed by atoms with Crippen molar-refractivity contribution < 1.29 is 27.9 Å². The van der Waals surface area contributed by atoms with E-state index in [1.54, 1.807) is 0 Å². The summed E-state index contributed by atoms with van der Waals surface area (Å²) in [4.78, 5) is 25.4. The average molecular weight is 336 g/mol. The molecule has 9 heteroatoms. The number of aromatic nitrogens is 1. The Morgan fingerprint density at radius 1 is 1.27 bits per heavy atom. The number of aliphatic carboxylic acids is 1. The molecule has 1 amide bonds. The van der Waals surface area contributed by atoms with Gasteiger partial charge in [-0.25, -0.2) is 4.98 Å². The number of alkyl halides is 3. The zero-order chi connectivity index (χ0) is 16.6. The number of carbonyl (C=O) groups excluding carboxylic acids is 1. The summed E-state index contributed by atoms with van der Waals surface area (Å²) >= 11 is 1.03. The maximum atomic E-state index is 12.3. The Labute approximate surface area is 129 Å². The number of nitrogens with zero attached hydrogens (tertiary/aromatic N) is 1. The van der Waals surface area contributed by atoms with Crippen LogP contribution in [-0.2, 0) is 15.8 Å². The molecule has 0 aliphatic heterocycles. The number of carboxylic acid groups (broad SMARTS) is 1. The minimum absolute atomic E-state index is 0.0390. The van der Waals surface area contributed by atoms with Crippen LogP contribution in [0.4, 0.5) is 13.2 Å². The topological polar surface area (TPSA) is 79.3 Å². The Kier molecular flexibility index (Phi) is 7.16. The third-order valence-corrected chi connectivity index (χ3v) is 3.50. The Bertz CT molecular complexity index is 506. The van der Waals surface area contributed by atoms with E-state index in [9.17, 15) is 22.8 Å². The maximum Gasteiger partial charge on any atom is 0.417 e. The number of unbranched alkanes of at least 4 members (excludes halogenated alkanes) is 1. The van der Waals surface area contributed by atoms with Crippen molar-refractivity contribution in [2.24, 2.45) is 0 Å². The third-order valence-electron chi connectivity index (χ3n) is 2.55. The van der Waals surface area contributed by atoms with Gasteiger partial charge in [0.2, 0.25) is 5.91 Å². The van der Waals surface area contributed by atoms with Crippen molar-refractivity contribution in [3.63, 3.8) is 0 Å². The van der Waals surface area contributed by atoms with Crippen molar-refractivity contribution in [1.29, 1.82) is 0 Å². The second-order valence-corrected chi connectivity index (χ2v) is 5.37. The highest BCUT2D eigenvalue weighted by Gasteiger charge is 2.30. The van der Waals surface area contributed by atoms with Crippen molar-refractivity contribution in [2.45, 2.75) is 30.5 Å². The predicted molar refractivity (Wildman–Crippen MR) is 74.5 cm³/mol. The minimum Gasteiger partial charge on any atom is -0.481 e. The largest absolute Gasteiger partial charge is 0.481 e. The molecule has 1 heterocycles. The van der Waals surface area contributed by atoms with Gasteiger partial charge in [0.15, 0.2) is 0 Å². The quantitative estimate of drug-likeness (QED) is 0.563. The first-order chi connectivity index (χ1) is 10.3. The van der Waals surface area contributed by atoms with E-state index in [2.05, 4.69) is 10.3 Å². The zero-order valence-corrected chi connectivity index (χ0v) is 12.3. The SMILES string of the molecule is O=C(O)CCCCNC(=O)CSc1ccc(C(F)(F)F)cn1. The Hall–Kier alpha value is -1.77. The van der Waals surface area contributed by atoms with Crippen LogP contribution in [0, 0.1) is 0 Å². The molecule has 0 aromatic carbocycles. The zero-order valence-electron chi connectivity index (χ0n) is 11.5. The first kappa shape index (κ1) is 18.3. The molecule has 1 aromatic rings. The lowest BCUT2D eigenvalue weighted by molar-refractivity contribution is -0.138. The predicted octanol–water partition coefficient (Wildman–Crippen LogP) is 2.56. The summed E-state index contributed by atoms with van der Waals surface area (Å²) in [5.74, 6) is -1.12. The number of nitrogens with one attached hydrogen (secondary N) is 1. The molecule has 5 nitrogen and oxygen atoms in total. The fourth-order valence-electron chi connectivity index (χ4n) is 1.45. The molecular weight excluding hydrogens is 321 g/mol. The van der Waals surface area contributed by atoms with Gasteiger partial charge in [-0.2, -0.15) is 13.2 Å². The smallest absolute Gasteiger partial charge is 0.417 e. The van der Waals surface area contributed by atoms with Crippen molar-refractivity contribution in [2.75, 3.05) is 12.3 Å². The Morgan fingerprint density at radius 2 is 2.00 bits per heavy atom. The van der Waals surface area contributed by atoms with Crippen LogP contribution in [0.15, 0.2) is 23.4 Å². The van der Waals surface area contributed by atoms with Gasteiger partial charge in [-0.15, -0.1) is 0 Å². The van der Waals surface area contributed by atoms with E-state index >= 15 is 0 Å². The maximum absolute atomic E-state index is 12.3. The molecule has 122 valence electrons. The number of pyridine rings is 1. The summed E-state index contributed by atoms with van der Waals surface area (Å²) in [6.07, 6.45) is -2.61. The van der Waals surface area contributed by atoms with Crippen molar-refractivity contribution >= 4 is 23.6 Å². The monoisotopic (exact) mass is 336 g/mol. The molecule has 0 atom stereocenters. The highest BCUT2D eigenvalue weighted by molar-refractivity contribution is 7.99. The number of rotatable bonds is 8. The lowest BCUT2D eigenvalue weighted by Crippen LogP contribution is -2.26. The van der Waals surface area contributed by atoms with Crippen LogP contribution in [0.5, 0.6) is 0 Å². The fraction of sp³-hybridized carbons (Fsp3) is 0.462. The van der Waals surface area contributed by atoms with Crippen molar-refractivity contribution in [1.82, 2.24) is 10.3 Å². The summed E-state index contributed by atoms with van der Waals surface area (Å²) < 4.78 is 37.0. The van der Waals surface area contributed by atoms with Gasteiger partial charge in [0.25, 0.3) is 0 Å². The number of halogens is 3. The Morgan fingerprint density at radius 3 is 2.55 bits per heavy atom. The molecule has 0 aliphatic carbocycles. The summed E-state index contributed by atoms with van der Waals surface area (Å²) in [7, 11) is 0. The van der Waals surface area contributed by atoms with Gasteiger partial charge in [-0.1, -0.05) is 11.8 Å². The van der Waals surface area contributed by atoms with E-state index in [0.717, 1.165) is 24.0 Å². The molecule has 0 aliphatic rings. The van der Waals surface area contributed by atoms with Crippen LogP contribution in [0.2, 0.25) is 0 Å². The van der Waals surface area contributed by atoms with E-state index < -0.39 is 17.7 Å². The van der Waals surface area contributed by atoms with Crippen LogP contribution in [0.25, 0.3) is 0 Å². The van der Waals surface area contributed by atoms with Gasteiger partial charge < -0.3 is 10.4 Å². The Balaban J connectivity index is 2.25. The van der Waals surface area contributed by atoms with E-state index in [4.69, 9.17) is 5.11 Å². The molecule has 22 heavy (non-hydrogen) atoms. The molecule has 1 rings (SSSR count). The second-order valence-electron chi connectivity index (χ2n) is 4.37. The molecule has 2 N–H and O–H groups in total. The number of amides is 1. The van der Waals surface area contributed by atoms with Gasteiger partial charge >= 0.3 is 12.1 Å². The number of hydrogen-bond acceptors (Lipinski definition) is 4. The number of thioether (sulfide) groups is 1. The number of carbonyl (C=O) groups is 2. The molecular formula is C13H15F3N2O3S. The first-order valence-corrected chi connectivity index (χ1v) is 7.42. The molecule has 0 saturated heterocycles. The number of hydrogen-bond donors (Lipinski definition) is 2.